The van der Waals surface area contributed by atoms with Crippen LogP contribution in [-0.4, -0.2) is 31.2 Å². The van der Waals surface area contributed by atoms with Crippen LogP contribution in [0.25, 0.3) is 0 Å². The highest BCUT2D eigenvalue weighted by atomic mass is 16.5. The molecule has 1 unspecified atom stereocenters. The number of rotatable bonds is 7. The van der Waals surface area contributed by atoms with Gasteiger partial charge in [0.15, 0.2) is 6.10 Å². The Bertz CT molecular complexity index is 738. The highest BCUT2D eigenvalue weighted by Gasteiger charge is 2.15. The van der Waals surface area contributed by atoms with E-state index in [1.165, 1.54) is 0 Å². The molecule has 1 amide bonds. The molecule has 0 bridgehead atoms. The molecule has 0 fully saturated rings. The van der Waals surface area contributed by atoms with Crippen LogP contribution >= 0.6 is 0 Å². The lowest BCUT2D eigenvalue weighted by atomic mass is 10.2. The predicted molar refractivity (Wildman–Crippen MR) is 98.7 cm³/mol. The van der Waals surface area contributed by atoms with Gasteiger partial charge in [0.2, 0.25) is 0 Å². The summed E-state index contributed by atoms with van der Waals surface area (Å²) in [6.07, 6.45) is -0.869. The van der Waals surface area contributed by atoms with Gasteiger partial charge in [-0.3, -0.25) is 4.79 Å². The van der Waals surface area contributed by atoms with E-state index < -0.39 is 12.1 Å². The zero-order valence-corrected chi connectivity index (χ0v) is 15.3. The summed E-state index contributed by atoms with van der Waals surface area (Å²) in [4.78, 5) is 24.1. The number of ether oxygens (including phenoxy) is 3. The number of esters is 1. The molecule has 0 aliphatic carbocycles. The van der Waals surface area contributed by atoms with Gasteiger partial charge in [0.1, 0.15) is 11.5 Å². The fourth-order valence-electron chi connectivity index (χ4n) is 2.13. The van der Waals surface area contributed by atoms with Gasteiger partial charge in [-0.15, -0.1) is 0 Å². The molecule has 26 heavy (non-hydrogen) atoms. The van der Waals surface area contributed by atoms with E-state index in [-0.39, 0.29) is 12.0 Å². The molecule has 0 aromatic heterocycles. The average molecular weight is 357 g/mol. The van der Waals surface area contributed by atoms with Crippen LogP contribution in [0.3, 0.4) is 0 Å². The summed E-state index contributed by atoms with van der Waals surface area (Å²) >= 11 is 0. The van der Waals surface area contributed by atoms with Gasteiger partial charge in [0.05, 0.1) is 18.8 Å². The number of hydrogen-bond acceptors (Lipinski definition) is 5. The molecule has 0 spiro atoms. The van der Waals surface area contributed by atoms with E-state index in [2.05, 4.69) is 5.32 Å². The lowest BCUT2D eigenvalue weighted by Gasteiger charge is -2.15. The van der Waals surface area contributed by atoms with Crippen molar-refractivity contribution in [3.05, 3.63) is 54.1 Å². The van der Waals surface area contributed by atoms with Gasteiger partial charge >= 0.3 is 5.97 Å². The molecular weight excluding hydrogens is 334 g/mol. The largest absolute Gasteiger partial charge is 0.497 e. The summed E-state index contributed by atoms with van der Waals surface area (Å²) in [5.74, 6) is 0.596. The molecule has 0 heterocycles. The fraction of sp³-hybridized carbons (Fsp3) is 0.300. The van der Waals surface area contributed by atoms with Crippen molar-refractivity contribution in [1.29, 1.82) is 0 Å². The first-order valence-corrected chi connectivity index (χ1v) is 8.31. The Morgan fingerprint density at radius 3 is 2.00 bits per heavy atom. The molecule has 2 rings (SSSR count). The van der Waals surface area contributed by atoms with Crippen molar-refractivity contribution in [1.82, 2.24) is 0 Å². The van der Waals surface area contributed by atoms with Crippen molar-refractivity contribution in [2.75, 3.05) is 12.4 Å². The number of amides is 1. The second kappa shape index (κ2) is 8.89. The summed E-state index contributed by atoms with van der Waals surface area (Å²) < 4.78 is 15.8. The van der Waals surface area contributed by atoms with E-state index in [1.54, 1.807) is 76.4 Å². The summed E-state index contributed by atoms with van der Waals surface area (Å²) in [6.45, 7) is 5.24. The maximum atomic E-state index is 12.3. The van der Waals surface area contributed by atoms with Crippen LogP contribution < -0.4 is 14.8 Å². The Morgan fingerprint density at radius 2 is 1.46 bits per heavy atom. The zero-order chi connectivity index (χ0) is 19.1. The van der Waals surface area contributed by atoms with E-state index in [1.807, 2.05) is 0 Å². The third kappa shape index (κ3) is 5.51. The Labute approximate surface area is 153 Å². The van der Waals surface area contributed by atoms with Gasteiger partial charge in [0.25, 0.3) is 5.91 Å². The minimum atomic E-state index is -0.686. The quantitative estimate of drug-likeness (QED) is 0.766. The minimum Gasteiger partial charge on any atom is -0.497 e. The fourth-order valence-corrected chi connectivity index (χ4v) is 2.13. The van der Waals surface area contributed by atoms with Gasteiger partial charge in [-0.1, -0.05) is 0 Å². The van der Waals surface area contributed by atoms with Crippen molar-refractivity contribution < 1.29 is 23.8 Å². The lowest BCUT2D eigenvalue weighted by molar-refractivity contribution is -0.122. The molecule has 138 valence electrons. The second-order valence-electron chi connectivity index (χ2n) is 5.96. The van der Waals surface area contributed by atoms with Crippen molar-refractivity contribution in [3.63, 3.8) is 0 Å². The van der Waals surface area contributed by atoms with Crippen LogP contribution in [0.5, 0.6) is 11.5 Å². The van der Waals surface area contributed by atoms with Gasteiger partial charge in [-0.05, 0) is 69.3 Å². The maximum absolute atomic E-state index is 12.3. The summed E-state index contributed by atoms with van der Waals surface area (Å²) in [7, 11) is 1.58. The standard InChI is InChI=1S/C20H23NO5/c1-13(2)25-20(23)15-5-7-16(8-6-15)21-19(22)14(3)26-18-11-9-17(24-4)10-12-18/h5-14H,1-4H3,(H,21,22). The van der Waals surface area contributed by atoms with E-state index in [0.717, 1.165) is 0 Å². The first-order valence-electron chi connectivity index (χ1n) is 8.31. The number of carbonyl (C=O) groups excluding carboxylic acids is 2. The number of hydrogen-bond donors (Lipinski definition) is 1. The van der Waals surface area contributed by atoms with Crippen LogP contribution in [0, 0.1) is 0 Å². The minimum absolute atomic E-state index is 0.183. The molecule has 6 heteroatoms. The topological polar surface area (TPSA) is 73.9 Å². The molecule has 2 aromatic rings. The van der Waals surface area contributed by atoms with E-state index in [4.69, 9.17) is 14.2 Å². The second-order valence-corrected chi connectivity index (χ2v) is 5.96. The third-order valence-electron chi connectivity index (χ3n) is 3.47. The van der Waals surface area contributed by atoms with Crippen LogP contribution in [0.2, 0.25) is 0 Å². The van der Waals surface area contributed by atoms with Gasteiger partial charge in [0, 0.05) is 5.69 Å². The summed E-state index contributed by atoms with van der Waals surface area (Å²) in [5, 5.41) is 2.75. The normalized spacial score (nSPS) is 11.6. The van der Waals surface area contributed by atoms with E-state index in [0.29, 0.717) is 22.7 Å². The Morgan fingerprint density at radius 1 is 0.885 bits per heavy atom. The van der Waals surface area contributed by atoms with Gasteiger partial charge < -0.3 is 19.5 Å². The first-order chi connectivity index (χ1) is 12.4. The molecule has 0 radical (unpaired) electrons. The highest BCUT2D eigenvalue weighted by molar-refractivity contribution is 5.95. The van der Waals surface area contributed by atoms with E-state index in [9.17, 15) is 9.59 Å². The SMILES string of the molecule is COc1ccc(OC(C)C(=O)Nc2ccc(C(=O)OC(C)C)cc2)cc1. The van der Waals surface area contributed by atoms with Crippen LogP contribution in [0.4, 0.5) is 5.69 Å². The summed E-state index contributed by atoms with van der Waals surface area (Å²) in [5.41, 5.74) is 1.00. The van der Waals surface area contributed by atoms with Crippen LogP contribution in [0.15, 0.2) is 48.5 Å². The van der Waals surface area contributed by atoms with Crippen molar-refractivity contribution in [2.24, 2.45) is 0 Å². The lowest BCUT2D eigenvalue weighted by Crippen LogP contribution is -2.30. The van der Waals surface area contributed by atoms with Crippen molar-refractivity contribution in [3.8, 4) is 11.5 Å². The zero-order valence-electron chi connectivity index (χ0n) is 15.3. The number of carbonyl (C=O) groups is 2. The predicted octanol–water partition coefficient (Wildman–Crippen LogP) is 3.67. The third-order valence-corrected chi connectivity index (χ3v) is 3.47. The number of nitrogens with one attached hydrogen (secondary N) is 1. The molecule has 0 saturated heterocycles. The first kappa shape index (κ1) is 19.3. The average Bonchev–Trinajstić information content (AvgIpc) is 2.62. The van der Waals surface area contributed by atoms with Gasteiger partial charge in [-0.25, -0.2) is 4.79 Å². The molecule has 0 aliphatic rings. The van der Waals surface area contributed by atoms with Crippen molar-refractivity contribution >= 4 is 17.6 Å². The van der Waals surface area contributed by atoms with Crippen LogP contribution in [0.1, 0.15) is 31.1 Å². The van der Waals surface area contributed by atoms with Gasteiger partial charge in [-0.2, -0.15) is 0 Å². The van der Waals surface area contributed by atoms with Crippen LogP contribution in [-0.2, 0) is 9.53 Å². The van der Waals surface area contributed by atoms with Crippen molar-refractivity contribution in [2.45, 2.75) is 33.0 Å². The smallest absolute Gasteiger partial charge is 0.338 e. The van der Waals surface area contributed by atoms with E-state index >= 15 is 0 Å². The summed E-state index contributed by atoms with van der Waals surface area (Å²) in [6, 6.07) is 13.5. The molecule has 0 saturated carbocycles. The Balaban J connectivity index is 1.92. The number of benzene rings is 2. The monoisotopic (exact) mass is 357 g/mol. The molecular formula is C20H23NO5. The number of anilines is 1. The Kier molecular flexibility index (Phi) is 6.60. The molecule has 0 aliphatic heterocycles. The molecule has 1 N–H and O–H groups in total. The molecule has 1 atom stereocenters. The molecule has 6 nitrogen and oxygen atoms in total. The maximum Gasteiger partial charge on any atom is 0.338 e. The molecule has 2 aromatic carbocycles. The highest BCUT2D eigenvalue weighted by Crippen LogP contribution is 2.19. The number of methoxy groups -OCH3 is 1. The Hall–Kier alpha value is -3.02.